The summed E-state index contributed by atoms with van der Waals surface area (Å²) in [7, 11) is 0. The number of benzene rings is 2. The summed E-state index contributed by atoms with van der Waals surface area (Å²) in [5.74, 6) is 0. The van der Waals surface area contributed by atoms with Gasteiger partial charge in [0.05, 0.1) is 11.5 Å². The van der Waals surface area contributed by atoms with E-state index in [1.165, 1.54) is 5.56 Å². The number of nitrogens with zero attached hydrogens (tertiary/aromatic N) is 2. The number of rotatable bonds is 4. The molecule has 4 nitrogen and oxygen atoms in total. The van der Waals surface area contributed by atoms with Crippen LogP contribution in [0.15, 0.2) is 60.7 Å². The van der Waals surface area contributed by atoms with Crippen LogP contribution in [0.5, 0.6) is 0 Å². The molecule has 0 unspecified atom stereocenters. The third kappa shape index (κ3) is 4.00. The largest absolute Gasteiger partial charge is 0.338 e. The second-order valence-electron chi connectivity index (χ2n) is 6.51. The third-order valence-corrected chi connectivity index (χ3v) is 4.98. The van der Waals surface area contributed by atoms with E-state index in [1.807, 2.05) is 53.4 Å². The lowest BCUT2D eigenvalue weighted by Gasteiger charge is -2.37. The quantitative estimate of drug-likeness (QED) is 0.931. The van der Waals surface area contributed by atoms with Crippen molar-refractivity contribution in [3.63, 3.8) is 0 Å². The number of likely N-dealkylation sites (tertiary alicyclic amines) is 1. The smallest absolute Gasteiger partial charge is 0.317 e. The predicted molar refractivity (Wildman–Crippen MR) is 98.1 cm³/mol. The average Bonchev–Trinajstić information content (AvgIpc) is 2.69. The van der Waals surface area contributed by atoms with E-state index in [-0.39, 0.29) is 6.03 Å². The van der Waals surface area contributed by atoms with Gasteiger partial charge in [0.25, 0.3) is 0 Å². The fourth-order valence-electron chi connectivity index (χ4n) is 3.38. The highest BCUT2D eigenvalue weighted by molar-refractivity contribution is 5.74. The zero-order valence-corrected chi connectivity index (χ0v) is 14.3. The lowest BCUT2D eigenvalue weighted by Crippen LogP contribution is -2.48. The molecule has 1 aliphatic heterocycles. The lowest BCUT2D eigenvalue weighted by molar-refractivity contribution is 0.171. The monoisotopic (exact) mass is 333 g/mol. The van der Waals surface area contributed by atoms with Crippen LogP contribution in [0.4, 0.5) is 4.79 Å². The van der Waals surface area contributed by atoms with Gasteiger partial charge >= 0.3 is 6.03 Å². The lowest BCUT2D eigenvalue weighted by atomic mass is 9.74. The number of nitriles is 1. The van der Waals surface area contributed by atoms with Gasteiger partial charge in [-0.25, -0.2) is 4.79 Å². The number of hydrogen-bond acceptors (Lipinski definition) is 2. The Labute approximate surface area is 149 Å². The molecular weight excluding hydrogens is 310 g/mol. The minimum atomic E-state index is -0.470. The molecule has 1 N–H and O–H groups in total. The molecule has 2 amide bonds. The van der Waals surface area contributed by atoms with Gasteiger partial charge in [-0.05, 0) is 30.4 Å². The number of piperidine rings is 1. The van der Waals surface area contributed by atoms with Crippen LogP contribution >= 0.6 is 0 Å². The SMILES string of the molecule is N#CC1(c2ccccc2)CCN(C(=O)NCCc2ccccc2)CC1. The Hall–Kier alpha value is -2.80. The number of nitrogens with one attached hydrogen (secondary N) is 1. The van der Waals surface area contributed by atoms with Crippen LogP contribution in [-0.2, 0) is 11.8 Å². The van der Waals surface area contributed by atoms with Gasteiger partial charge in [0, 0.05) is 19.6 Å². The number of carbonyl (C=O) groups excluding carboxylic acids is 1. The van der Waals surface area contributed by atoms with Crippen molar-refractivity contribution in [1.29, 1.82) is 5.26 Å². The maximum atomic E-state index is 12.4. The van der Waals surface area contributed by atoms with E-state index in [0.29, 0.717) is 32.5 Å². The molecule has 1 heterocycles. The first kappa shape index (κ1) is 17.0. The van der Waals surface area contributed by atoms with Gasteiger partial charge in [0.2, 0.25) is 0 Å². The molecule has 25 heavy (non-hydrogen) atoms. The number of amides is 2. The van der Waals surface area contributed by atoms with Crippen molar-refractivity contribution in [2.24, 2.45) is 0 Å². The topological polar surface area (TPSA) is 56.1 Å². The normalized spacial score (nSPS) is 16.0. The summed E-state index contributed by atoms with van der Waals surface area (Å²) < 4.78 is 0. The van der Waals surface area contributed by atoms with Gasteiger partial charge in [-0.1, -0.05) is 60.7 Å². The molecule has 1 saturated heterocycles. The van der Waals surface area contributed by atoms with E-state index in [4.69, 9.17) is 0 Å². The van der Waals surface area contributed by atoms with Gasteiger partial charge < -0.3 is 10.2 Å². The Kier molecular flexibility index (Phi) is 5.35. The fourth-order valence-corrected chi connectivity index (χ4v) is 3.38. The first-order valence-electron chi connectivity index (χ1n) is 8.77. The maximum Gasteiger partial charge on any atom is 0.317 e. The van der Waals surface area contributed by atoms with Gasteiger partial charge in [-0.3, -0.25) is 0 Å². The van der Waals surface area contributed by atoms with Crippen LogP contribution in [-0.4, -0.2) is 30.6 Å². The van der Waals surface area contributed by atoms with Crippen molar-refractivity contribution in [2.75, 3.05) is 19.6 Å². The van der Waals surface area contributed by atoms with Gasteiger partial charge in [0.1, 0.15) is 0 Å². The molecule has 0 aliphatic carbocycles. The highest BCUT2D eigenvalue weighted by Gasteiger charge is 2.37. The summed E-state index contributed by atoms with van der Waals surface area (Å²) in [5, 5.41) is 12.7. The van der Waals surface area contributed by atoms with E-state index in [2.05, 4.69) is 23.5 Å². The Morgan fingerprint density at radius 3 is 2.24 bits per heavy atom. The van der Waals surface area contributed by atoms with Crippen molar-refractivity contribution in [1.82, 2.24) is 10.2 Å². The van der Waals surface area contributed by atoms with Crippen molar-refractivity contribution >= 4 is 6.03 Å². The highest BCUT2D eigenvalue weighted by Crippen LogP contribution is 2.34. The number of carbonyl (C=O) groups is 1. The summed E-state index contributed by atoms with van der Waals surface area (Å²) in [4.78, 5) is 14.2. The summed E-state index contributed by atoms with van der Waals surface area (Å²) in [6.07, 6.45) is 2.19. The van der Waals surface area contributed by atoms with E-state index in [1.54, 1.807) is 0 Å². The third-order valence-electron chi connectivity index (χ3n) is 4.98. The van der Waals surface area contributed by atoms with Crippen molar-refractivity contribution in [3.8, 4) is 6.07 Å². The summed E-state index contributed by atoms with van der Waals surface area (Å²) in [6.45, 7) is 1.85. The molecule has 0 bridgehead atoms. The van der Waals surface area contributed by atoms with Crippen LogP contribution in [0.25, 0.3) is 0 Å². The minimum Gasteiger partial charge on any atom is -0.338 e. The first-order chi connectivity index (χ1) is 12.2. The maximum absolute atomic E-state index is 12.4. The van der Waals surface area contributed by atoms with Crippen LogP contribution < -0.4 is 5.32 Å². The van der Waals surface area contributed by atoms with Crippen LogP contribution in [0, 0.1) is 11.3 Å². The van der Waals surface area contributed by atoms with Gasteiger partial charge in [-0.15, -0.1) is 0 Å². The first-order valence-corrected chi connectivity index (χ1v) is 8.77. The molecule has 0 saturated carbocycles. The molecule has 0 atom stereocenters. The number of hydrogen-bond donors (Lipinski definition) is 1. The van der Waals surface area contributed by atoms with Crippen molar-refractivity contribution in [2.45, 2.75) is 24.7 Å². The Bertz CT molecular complexity index is 729. The van der Waals surface area contributed by atoms with Crippen LogP contribution in [0.1, 0.15) is 24.0 Å². The second kappa shape index (κ2) is 7.85. The molecule has 1 fully saturated rings. The van der Waals surface area contributed by atoms with Crippen molar-refractivity contribution in [3.05, 3.63) is 71.8 Å². The van der Waals surface area contributed by atoms with E-state index in [0.717, 1.165) is 12.0 Å². The molecule has 1 aliphatic rings. The molecule has 2 aromatic rings. The van der Waals surface area contributed by atoms with E-state index >= 15 is 0 Å². The predicted octanol–water partition coefficient (Wildman–Crippen LogP) is 3.50. The number of urea groups is 1. The zero-order valence-electron chi connectivity index (χ0n) is 14.3. The van der Waals surface area contributed by atoms with Crippen molar-refractivity contribution < 1.29 is 4.79 Å². The zero-order chi connectivity index (χ0) is 17.5. The highest BCUT2D eigenvalue weighted by atomic mass is 16.2. The fraction of sp³-hybridized carbons (Fsp3) is 0.333. The van der Waals surface area contributed by atoms with E-state index < -0.39 is 5.41 Å². The Balaban J connectivity index is 1.51. The standard InChI is InChI=1S/C21H23N3O/c22-17-21(19-9-5-2-6-10-19)12-15-24(16-13-21)20(25)23-14-11-18-7-3-1-4-8-18/h1-10H,11-16H2,(H,23,25). The Morgan fingerprint density at radius 1 is 1.04 bits per heavy atom. The molecule has 4 heteroatoms. The minimum absolute atomic E-state index is 0.0319. The molecule has 0 radical (unpaired) electrons. The van der Waals surface area contributed by atoms with Crippen LogP contribution in [0.3, 0.4) is 0 Å². The van der Waals surface area contributed by atoms with E-state index in [9.17, 15) is 10.1 Å². The molecule has 3 rings (SSSR count). The molecular formula is C21H23N3O. The summed E-state index contributed by atoms with van der Waals surface area (Å²) in [5.41, 5.74) is 1.80. The summed E-state index contributed by atoms with van der Waals surface area (Å²) in [6, 6.07) is 22.5. The molecule has 0 spiro atoms. The van der Waals surface area contributed by atoms with Gasteiger partial charge in [-0.2, -0.15) is 5.26 Å². The Morgan fingerprint density at radius 2 is 1.64 bits per heavy atom. The second-order valence-corrected chi connectivity index (χ2v) is 6.51. The summed E-state index contributed by atoms with van der Waals surface area (Å²) >= 11 is 0. The average molecular weight is 333 g/mol. The molecule has 2 aromatic carbocycles. The molecule has 128 valence electrons. The molecule has 0 aromatic heterocycles. The van der Waals surface area contributed by atoms with Crippen LogP contribution in [0.2, 0.25) is 0 Å². The van der Waals surface area contributed by atoms with Gasteiger partial charge in [0.15, 0.2) is 0 Å².